The van der Waals surface area contributed by atoms with Gasteiger partial charge in [0.25, 0.3) is 0 Å². The molecule has 1 aliphatic heterocycles. The number of hydrogen-bond acceptors (Lipinski definition) is 4. The van der Waals surface area contributed by atoms with Crippen molar-refractivity contribution in [3.63, 3.8) is 0 Å². The average molecular weight is 1260 g/mol. The van der Waals surface area contributed by atoms with Crippen LogP contribution in [-0.2, 0) is 53.6 Å². The van der Waals surface area contributed by atoms with Gasteiger partial charge in [-0.3, -0.25) is 0 Å². The van der Waals surface area contributed by atoms with Gasteiger partial charge in [-0.25, -0.2) is 4.98 Å². The number of aromatic nitrogens is 2. The molecule has 0 atom stereocenters. The van der Waals surface area contributed by atoms with Gasteiger partial charge in [-0.2, -0.15) is 6.07 Å². The molecule has 0 bridgehead atoms. The van der Waals surface area contributed by atoms with Crippen LogP contribution in [0.4, 0.5) is 22.7 Å². The molecule has 0 saturated heterocycles. The molecule has 3 heterocycles. The monoisotopic (exact) mass is 1260 g/mol. The zero-order valence-electron chi connectivity index (χ0n) is 50.9. The Labute approximate surface area is 503 Å². The maximum atomic E-state index is 7.22. The van der Waals surface area contributed by atoms with Crippen LogP contribution >= 0.6 is 0 Å². The normalized spacial score (nSPS) is 13.4. The van der Waals surface area contributed by atoms with E-state index >= 15 is 0 Å². The van der Waals surface area contributed by atoms with Gasteiger partial charge in [-0.05, 0) is 125 Å². The van der Waals surface area contributed by atoms with Gasteiger partial charge in [0, 0.05) is 66.8 Å². The largest absolute Gasteiger partial charge is 0.509 e. The minimum Gasteiger partial charge on any atom is -0.509 e. The zero-order chi connectivity index (χ0) is 57.6. The molecule has 5 nitrogen and oxygen atoms in total. The second-order valence-corrected chi connectivity index (χ2v) is 27.6. The van der Waals surface area contributed by atoms with E-state index in [1.807, 2.05) is 6.20 Å². The van der Waals surface area contributed by atoms with Gasteiger partial charge in [-0.15, -0.1) is 53.6 Å². The van der Waals surface area contributed by atoms with Crippen LogP contribution in [0.2, 0.25) is 0 Å². The number of ether oxygens (including phenoxy) is 1. The van der Waals surface area contributed by atoms with Crippen LogP contribution in [0.3, 0.4) is 0 Å². The van der Waals surface area contributed by atoms with Crippen LogP contribution in [0.15, 0.2) is 182 Å². The summed E-state index contributed by atoms with van der Waals surface area (Å²) in [4.78, 5) is 9.84. The molecule has 10 aromatic rings. The van der Waals surface area contributed by atoms with Crippen molar-refractivity contribution in [1.29, 1.82) is 0 Å². The fourth-order valence-electron chi connectivity index (χ4n) is 11.7. The molecule has 1 aliphatic rings. The van der Waals surface area contributed by atoms with Gasteiger partial charge in [0.15, 0.2) is 0 Å². The number of fused-ring (bicyclic) bond motifs is 4. The summed E-state index contributed by atoms with van der Waals surface area (Å²) in [7, 11) is 0. The Bertz CT molecular complexity index is 3980. The zero-order valence-corrected chi connectivity index (χ0v) is 53.2. The van der Waals surface area contributed by atoms with Crippen molar-refractivity contribution in [2.45, 2.75) is 143 Å². The molecule has 82 heavy (non-hydrogen) atoms. The van der Waals surface area contributed by atoms with Crippen molar-refractivity contribution in [3.8, 4) is 28.4 Å². The first-order valence-corrected chi connectivity index (χ1v) is 28.8. The third-order valence-electron chi connectivity index (χ3n) is 16.9. The standard InChI is InChI=1S/C76H79N4O.Pt/c1-71(2,3)54-32-35-66-63(43-54)62-34-33-60(46-67(62)80(66)70-44-55(36-37-77-70)75(13,14)52-28-22-18-23-29-52)81-61-42-57(76(15,16)53-30-24-19-25-31-53)41-59(45-61)79-49-78(68-47-64(73(7,8)9)65(48-69(68)79)74(10,11)12)58-39-51(50-26-20-17-21-27-50)38-56(40-58)72(4,5)6;/h17-44,47-49H,1-16H3;/q-3;. The van der Waals surface area contributed by atoms with E-state index in [1.165, 1.54) is 50.1 Å². The predicted octanol–water partition coefficient (Wildman–Crippen LogP) is 20.5. The third-order valence-corrected chi connectivity index (χ3v) is 16.9. The first-order valence-electron chi connectivity index (χ1n) is 28.8. The van der Waals surface area contributed by atoms with Crippen molar-refractivity contribution in [2.24, 2.45) is 0 Å². The minimum atomic E-state index is -0.418. The van der Waals surface area contributed by atoms with E-state index in [1.54, 1.807) is 0 Å². The fraction of sp³-hybridized carbons (Fsp3) is 0.289. The Kier molecular flexibility index (Phi) is 15.0. The SMILES string of the molecule is CC(C)(C)c1cc(-c2ccccc2)cc(N2[CH-]N(c3[c-]c(Oc4[c-]c5c(cc4)c4cc(C(C)(C)C)ccc4n5-c4cc(C(C)(C)c5ccccc5)ccn4)cc(C(C)(C)c4ccccc4)c3)c3cc(C(C)(C)C)c(C(C)(C)C)cc32)c1.[Pt]. The summed E-state index contributed by atoms with van der Waals surface area (Å²) < 4.78 is 9.48. The van der Waals surface area contributed by atoms with Crippen molar-refractivity contribution in [3.05, 3.63) is 245 Å². The molecule has 2 aromatic heterocycles. The van der Waals surface area contributed by atoms with E-state index in [0.29, 0.717) is 11.5 Å². The van der Waals surface area contributed by atoms with Gasteiger partial charge in [0.05, 0.1) is 0 Å². The maximum Gasteiger partial charge on any atom is 0.135 e. The molecule has 6 heteroatoms. The third kappa shape index (κ3) is 11.0. The van der Waals surface area contributed by atoms with Crippen molar-refractivity contribution >= 4 is 44.6 Å². The Morgan fingerprint density at radius 2 is 0.988 bits per heavy atom. The maximum absolute atomic E-state index is 7.22. The number of hydrogen-bond donors (Lipinski definition) is 0. The van der Waals surface area contributed by atoms with Gasteiger partial charge < -0.3 is 19.1 Å². The van der Waals surface area contributed by atoms with Crippen molar-refractivity contribution < 1.29 is 25.8 Å². The molecular weight excluding hydrogens is 1180 g/mol. The first-order chi connectivity index (χ1) is 38.2. The summed E-state index contributed by atoms with van der Waals surface area (Å²) in [6.45, 7) is 39.2. The number of pyridine rings is 1. The van der Waals surface area contributed by atoms with Gasteiger partial charge in [0.1, 0.15) is 5.82 Å². The average Bonchev–Trinajstić information content (AvgIpc) is 3.94. The quantitative estimate of drug-likeness (QED) is 0.128. The van der Waals surface area contributed by atoms with E-state index in [2.05, 4.69) is 320 Å². The summed E-state index contributed by atoms with van der Waals surface area (Å²) >= 11 is 0. The second kappa shape index (κ2) is 21.2. The van der Waals surface area contributed by atoms with Crippen LogP contribution in [0.25, 0.3) is 38.8 Å². The molecule has 0 radical (unpaired) electrons. The topological polar surface area (TPSA) is 33.5 Å². The molecule has 0 unspecified atom stereocenters. The van der Waals surface area contributed by atoms with E-state index in [9.17, 15) is 0 Å². The summed E-state index contributed by atoms with van der Waals surface area (Å²) in [6.07, 6.45) is 1.94. The molecule has 0 fully saturated rings. The fourth-order valence-corrected chi connectivity index (χ4v) is 11.7. The second-order valence-electron chi connectivity index (χ2n) is 27.6. The molecule has 0 amide bonds. The summed E-state index contributed by atoms with van der Waals surface area (Å²) in [5, 5.41) is 2.23. The molecule has 0 aliphatic carbocycles. The number of anilines is 4. The smallest absolute Gasteiger partial charge is 0.135 e. The molecular formula is C76H79N4OPt-3. The van der Waals surface area contributed by atoms with E-state index in [0.717, 1.165) is 55.9 Å². The van der Waals surface area contributed by atoms with E-state index in [-0.39, 0.29) is 48.1 Å². The van der Waals surface area contributed by atoms with Crippen LogP contribution in [0.5, 0.6) is 11.5 Å². The van der Waals surface area contributed by atoms with Crippen LogP contribution in [0, 0.1) is 18.8 Å². The van der Waals surface area contributed by atoms with Crippen LogP contribution < -0.4 is 14.5 Å². The van der Waals surface area contributed by atoms with Gasteiger partial charge >= 0.3 is 0 Å². The summed E-state index contributed by atoms with van der Waals surface area (Å²) in [5.74, 6) is 2.01. The molecule has 8 aromatic carbocycles. The first kappa shape index (κ1) is 58.0. The van der Waals surface area contributed by atoms with E-state index < -0.39 is 5.41 Å². The van der Waals surface area contributed by atoms with Crippen molar-refractivity contribution in [2.75, 3.05) is 9.80 Å². The molecule has 11 rings (SSSR count). The summed E-state index contributed by atoms with van der Waals surface area (Å²) in [6, 6.07) is 72.0. The number of nitrogens with zero attached hydrogens (tertiary/aromatic N) is 4. The molecule has 0 spiro atoms. The van der Waals surface area contributed by atoms with Crippen molar-refractivity contribution in [1.82, 2.24) is 9.55 Å². The Morgan fingerprint density at radius 1 is 0.415 bits per heavy atom. The Balaban J connectivity index is 0.00000753. The number of benzene rings is 8. The molecule has 0 saturated carbocycles. The summed E-state index contributed by atoms with van der Waals surface area (Å²) in [5.41, 5.74) is 17.3. The van der Waals surface area contributed by atoms with E-state index in [4.69, 9.17) is 9.72 Å². The predicted molar refractivity (Wildman–Crippen MR) is 342 cm³/mol. The molecule has 0 N–H and O–H groups in total. The van der Waals surface area contributed by atoms with Crippen LogP contribution in [-0.4, -0.2) is 9.55 Å². The molecule has 422 valence electrons. The Morgan fingerprint density at radius 3 is 1.57 bits per heavy atom. The van der Waals surface area contributed by atoms with Gasteiger partial charge in [-0.1, -0.05) is 225 Å². The minimum absolute atomic E-state index is 0. The van der Waals surface area contributed by atoms with Crippen LogP contribution in [0.1, 0.15) is 155 Å². The van der Waals surface area contributed by atoms with Gasteiger partial charge in [0.2, 0.25) is 0 Å². The number of rotatable bonds is 10. The Hall–Kier alpha value is -7.20.